The fraction of sp³-hybridized carbons (Fsp3) is 0.167. The van der Waals surface area contributed by atoms with Crippen molar-refractivity contribution in [2.24, 2.45) is 0 Å². The molecule has 0 saturated heterocycles. The van der Waals surface area contributed by atoms with Gasteiger partial charge in [-0.1, -0.05) is 17.4 Å². The van der Waals surface area contributed by atoms with Crippen molar-refractivity contribution in [3.63, 3.8) is 0 Å². The Labute approximate surface area is 170 Å². The number of hydrogen-bond acceptors (Lipinski definition) is 7. The van der Waals surface area contributed by atoms with Crippen LogP contribution in [0.3, 0.4) is 0 Å². The van der Waals surface area contributed by atoms with Crippen LogP contribution in [-0.2, 0) is 19.6 Å². The summed E-state index contributed by atoms with van der Waals surface area (Å²) in [6, 6.07) is 10.1. The first-order valence-corrected chi connectivity index (χ1v) is 10.6. The van der Waals surface area contributed by atoms with Gasteiger partial charge < -0.3 is 10.2 Å². The molecule has 0 atom stereocenters. The Bertz CT molecular complexity index is 1180. The number of halogens is 1. The molecular formula is C18H17FN4O4S2. The van der Waals surface area contributed by atoms with E-state index in [-0.39, 0.29) is 22.9 Å². The number of aromatic nitrogens is 1. The molecule has 0 radical (unpaired) electrons. The highest BCUT2D eigenvalue weighted by atomic mass is 32.2. The molecule has 3 rings (SSSR count). The van der Waals surface area contributed by atoms with Gasteiger partial charge in [-0.3, -0.25) is 9.59 Å². The van der Waals surface area contributed by atoms with E-state index in [1.807, 2.05) is 4.72 Å². The molecule has 2 amide bonds. The molecule has 0 aliphatic heterocycles. The van der Waals surface area contributed by atoms with Crippen molar-refractivity contribution in [3.8, 4) is 0 Å². The molecule has 152 valence electrons. The van der Waals surface area contributed by atoms with Gasteiger partial charge in [0, 0.05) is 19.7 Å². The number of nitrogens with zero attached hydrogens (tertiary/aromatic N) is 2. The number of likely N-dealkylation sites (N-methyl/N-ethyl adjacent to an activating group) is 1. The topological polar surface area (TPSA) is 108 Å². The molecule has 3 aromatic rings. The molecule has 0 bridgehead atoms. The Hall–Kier alpha value is -3.05. The van der Waals surface area contributed by atoms with Crippen LogP contribution in [0, 0.1) is 5.82 Å². The van der Waals surface area contributed by atoms with Crippen molar-refractivity contribution < 1.29 is 22.4 Å². The number of rotatable bonds is 6. The van der Waals surface area contributed by atoms with E-state index in [0.29, 0.717) is 15.5 Å². The number of nitrogens with one attached hydrogen (secondary N) is 2. The van der Waals surface area contributed by atoms with Crippen molar-refractivity contribution in [3.05, 3.63) is 48.3 Å². The summed E-state index contributed by atoms with van der Waals surface area (Å²) in [7, 11) is -2.27. The summed E-state index contributed by atoms with van der Waals surface area (Å²) in [6.45, 7) is 1.07. The number of sulfonamides is 1. The third kappa shape index (κ3) is 4.87. The number of carbonyl (C=O) groups excluding carboxylic acids is 2. The van der Waals surface area contributed by atoms with Crippen LogP contribution in [0.15, 0.2) is 47.4 Å². The summed E-state index contributed by atoms with van der Waals surface area (Å²) in [5, 5.41) is 3.14. The van der Waals surface area contributed by atoms with Crippen LogP contribution < -0.4 is 14.9 Å². The molecule has 11 heteroatoms. The lowest BCUT2D eigenvalue weighted by molar-refractivity contribution is -0.117. The Morgan fingerprint density at radius 2 is 1.86 bits per heavy atom. The predicted molar refractivity (Wildman–Crippen MR) is 109 cm³/mol. The molecule has 2 aromatic carbocycles. The summed E-state index contributed by atoms with van der Waals surface area (Å²) in [5.74, 6) is -1.47. The van der Waals surface area contributed by atoms with Gasteiger partial charge in [-0.05, 0) is 36.4 Å². The van der Waals surface area contributed by atoms with Gasteiger partial charge in [0.05, 0.1) is 16.1 Å². The summed E-state index contributed by atoms with van der Waals surface area (Å²) in [5.41, 5.74) is 0.649. The third-order valence-corrected chi connectivity index (χ3v) is 6.38. The molecule has 0 fully saturated rings. The zero-order valence-electron chi connectivity index (χ0n) is 15.5. The summed E-state index contributed by atoms with van der Waals surface area (Å²) in [6.07, 6.45) is 0. The standard InChI is InChI=1S/C18H17FN4O4S2/c1-11(24)22-29(26,27)13-8-6-12(7-9-13)20-16(25)10-23(2)18-21-17-14(19)4-3-5-15(17)28-18/h3-9H,10H2,1-2H3,(H,20,25)(H,22,24). The minimum atomic E-state index is -3.93. The van der Waals surface area contributed by atoms with Crippen LogP contribution in [0.25, 0.3) is 10.2 Å². The lowest BCUT2D eigenvalue weighted by Gasteiger charge is -2.15. The van der Waals surface area contributed by atoms with Crippen LogP contribution in [0.4, 0.5) is 15.2 Å². The number of hydrogen-bond donors (Lipinski definition) is 2. The van der Waals surface area contributed by atoms with Crippen molar-refractivity contribution in [1.82, 2.24) is 9.71 Å². The van der Waals surface area contributed by atoms with Gasteiger partial charge in [-0.15, -0.1) is 0 Å². The summed E-state index contributed by atoms with van der Waals surface area (Å²) < 4.78 is 40.2. The highest BCUT2D eigenvalue weighted by Gasteiger charge is 2.16. The van der Waals surface area contributed by atoms with E-state index < -0.39 is 21.7 Å². The van der Waals surface area contributed by atoms with Gasteiger partial charge in [0.1, 0.15) is 11.3 Å². The van der Waals surface area contributed by atoms with E-state index in [1.54, 1.807) is 24.1 Å². The predicted octanol–water partition coefficient (Wildman–Crippen LogP) is 2.34. The summed E-state index contributed by atoms with van der Waals surface area (Å²) >= 11 is 1.27. The number of carbonyl (C=O) groups is 2. The summed E-state index contributed by atoms with van der Waals surface area (Å²) in [4.78, 5) is 29.0. The van der Waals surface area contributed by atoms with E-state index in [1.165, 1.54) is 41.7 Å². The Morgan fingerprint density at radius 1 is 1.17 bits per heavy atom. The van der Waals surface area contributed by atoms with E-state index in [4.69, 9.17) is 0 Å². The lowest BCUT2D eigenvalue weighted by atomic mass is 10.3. The van der Waals surface area contributed by atoms with Gasteiger partial charge in [0.2, 0.25) is 11.8 Å². The molecule has 8 nitrogen and oxygen atoms in total. The minimum Gasteiger partial charge on any atom is -0.342 e. The Morgan fingerprint density at radius 3 is 2.48 bits per heavy atom. The molecule has 1 aromatic heterocycles. The molecule has 1 heterocycles. The van der Waals surface area contributed by atoms with E-state index in [2.05, 4.69) is 10.3 Å². The van der Waals surface area contributed by atoms with Gasteiger partial charge in [-0.2, -0.15) is 0 Å². The van der Waals surface area contributed by atoms with Gasteiger partial charge in [0.25, 0.3) is 10.0 Å². The second kappa shape index (κ2) is 8.13. The van der Waals surface area contributed by atoms with Crippen molar-refractivity contribution in [1.29, 1.82) is 0 Å². The molecule has 0 unspecified atom stereocenters. The first-order chi connectivity index (χ1) is 13.7. The number of fused-ring (bicyclic) bond motifs is 1. The number of thiazole rings is 1. The third-order valence-electron chi connectivity index (χ3n) is 3.79. The average Bonchev–Trinajstić information content (AvgIpc) is 3.07. The zero-order chi connectivity index (χ0) is 21.2. The van der Waals surface area contributed by atoms with Gasteiger partial charge >= 0.3 is 0 Å². The normalized spacial score (nSPS) is 11.3. The second-order valence-electron chi connectivity index (χ2n) is 6.17. The highest BCUT2D eigenvalue weighted by Crippen LogP contribution is 2.29. The lowest BCUT2D eigenvalue weighted by Crippen LogP contribution is -2.30. The van der Waals surface area contributed by atoms with Crippen LogP contribution in [0.1, 0.15) is 6.92 Å². The SMILES string of the molecule is CC(=O)NS(=O)(=O)c1ccc(NC(=O)CN(C)c2nc3c(F)cccc3s2)cc1. The van der Waals surface area contributed by atoms with Gasteiger partial charge in [-0.25, -0.2) is 22.5 Å². The second-order valence-corrected chi connectivity index (χ2v) is 8.86. The number of benzene rings is 2. The molecule has 0 spiro atoms. The fourth-order valence-electron chi connectivity index (χ4n) is 2.52. The number of anilines is 2. The number of para-hydroxylation sites is 1. The van der Waals surface area contributed by atoms with Crippen LogP contribution in [0.2, 0.25) is 0 Å². The molecule has 0 saturated carbocycles. The van der Waals surface area contributed by atoms with Crippen molar-refractivity contribution in [2.45, 2.75) is 11.8 Å². The molecule has 29 heavy (non-hydrogen) atoms. The zero-order valence-corrected chi connectivity index (χ0v) is 17.1. The molecule has 2 N–H and O–H groups in total. The van der Waals surface area contributed by atoms with E-state index in [0.717, 1.165) is 6.92 Å². The quantitative estimate of drug-likeness (QED) is 0.614. The molecule has 0 aliphatic rings. The highest BCUT2D eigenvalue weighted by molar-refractivity contribution is 7.90. The Balaban J connectivity index is 1.65. The van der Waals surface area contributed by atoms with E-state index in [9.17, 15) is 22.4 Å². The van der Waals surface area contributed by atoms with Crippen LogP contribution in [-0.4, -0.2) is 38.8 Å². The average molecular weight is 436 g/mol. The largest absolute Gasteiger partial charge is 0.342 e. The molecule has 0 aliphatic carbocycles. The maximum atomic E-state index is 13.8. The van der Waals surface area contributed by atoms with Crippen LogP contribution in [0.5, 0.6) is 0 Å². The van der Waals surface area contributed by atoms with Gasteiger partial charge in [0.15, 0.2) is 5.13 Å². The first-order valence-electron chi connectivity index (χ1n) is 8.35. The van der Waals surface area contributed by atoms with Crippen molar-refractivity contribution >= 4 is 54.2 Å². The van der Waals surface area contributed by atoms with Crippen LogP contribution >= 0.6 is 11.3 Å². The fourth-order valence-corrected chi connectivity index (χ4v) is 4.45. The van der Waals surface area contributed by atoms with Crippen molar-refractivity contribution in [2.75, 3.05) is 23.8 Å². The smallest absolute Gasteiger partial charge is 0.264 e. The Kier molecular flexibility index (Phi) is 5.80. The van der Waals surface area contributed by atoms with E-state index >= 15 is 0 Å². The minimum absolute atomic E-state index is 0.0343. The maximum absolute atomic E-state index is 13.8. The molecular weight excluding hydrogens is 419 g/mol. The monoisotopic (exact) mass is 436 g/mol. The number of amides is 2. The maximum Gasteiger partial charge on any atom is 0.264 e. The first kappa shape index (κ1) is 20.7.